The van der Waals surface area contributed by atoms with E-state index in [9.17, 15) is 0 Å². The molecular weight excluding hydrogens is 300 g/mol. The molecule has 0 atom stereocenters. The quantitative estimate of drug-likeness (QED) is 0.845. The Kier molecular flexibility index (Phi) is 5.29. The lowest BCUT2D eigenvalue weighted by molar-refractivity contribution is 0.260. The van der Waals surface area contributed by atoms with Gasteiger partial charge in [-0.05, 0) is 36.2 Å². The summed E-state index contributed by atoms with van der Waals surface area (Å²) in [4.78, 5) is 9.15. The second-order valence-electron chi connectivity index (χ2n) is 5.94. The van der Waals surface area contributed by atoms with E-state index in [0.29, 0.717) is 5.56 Å². The van der Waals surface area contributed by atoms with Crippen molar-refractivity contribution in [2.75, 3.05) is 44.7 Å². The molecule has 0 bridgehead atoms. The summed E-state index contributed by atoms with van der Waals surface area (Å²) in [6, 6.07) is 14.2. The van der Waals surface area contributed by atoms with Gasteiger partial charge in [0.15, 0.2) is 0 Å². The molecule has 0 spiro atoms. The lowest BCUT2D eigenvalue weighted by Crippen LogP contribution is -2.47. The first-order chi connectivity index (χ1) is 11.8. The van der Waals surface area contributed by atoms with Crippen LogP contribution in [0.5, 0.6) is 5.75 Å². The Balaban J connectivity index is 1.46. The number of nitrogens with zero attached hydrogens (tertiary/aromatic N) is 4. The molecule has 0 amide bonds. The molecule has 0 saturated carbocycles. The van der Waals surface area contributed by atoms with Crippen molar-refractivity contribution in [2.45, 2.75) is 6.42 Å². The molecule has 2 heterocycles. The van der Waals surface area contributed by atoms with Gasteiger partial charge in [-0.3, -0.25) is 4.90 Å². The van der Waals surface area contributed by atoms with Crippen LogP contribution in [0.2, 0.25) is 0 Å². The van der Waals surface area contributed by atoms with Gasteiger partial charge in [-0.15, -0.1) is 0 Å². The van der Waals surface area contributed by atoms with E-state index in [-0.39, 0.29) is 0 Å². The van der Waals surface area contributed by atoms with E-state index in [0.717, 1.165) is 50.7 Å². The fourth-order valence-electron chi connectivity index (χ4n) is 2.92. The molecule has 1 fully saturated rings. The first-order valence-corrected chi connectivity index (χ1v) is 8.25. The van der Waals surface area contributed by atoms with Crippen LogP contribution >= 0.6 is 0 Å². The predicted molar refractivity (Wildman–Crippen MR) is 94.3 cm³/mol. The Bertz CT molecular complexity index is 683. The molecule has 5 heteroatoms. The number of pyridine rings is 1. The molecule has 1 aliphatic heterocycles. The van der Waals surface area contributed by atoms with Gasteiger partial charge in [-0.25, -0.2) is 4.98 Å². The number of aromatic nitrogens is 1. The molecule has 1 aromatic heterocycles. The lowest BCUT2D eigenvalue weighted by Gasteiger charge is -2.35. The minimum atomic E-state index is 0.608. The second-order valence-corrected chi connectivity index (χ2v) is 5.94. The van der Waals surface area contributed by atoms with Gasteiger partial charge in [0.1, 0.15) is 17.6 Å². The molecule has 3 rings (SSSR count). The molecule has 0 radical (unpaired) electrons. The van der Waals surface area contributed by atoms with Gasteiger partial charge in [0, 0.05) is 38.9 Å². The van der Waals surface area contributed by atoms with Gasteiger partial charge >= 0.3 is 0 Å². The Morgan fingerprint density at radius 1 is 1.08 bits per heavy atom. The van der Waals surface area contributed by atoms with E-state index in [2.05, 4.69) is 33.0 Å². The molecule has 0 aliphatic carbocycles. The smallest absolute Gasteiger partial charge is 0.128 e. The number of ether oxygens (including phenoxy) is 1. The Labute approximate surface area is 143 Å². The van der Waals surface area contributed by atoms with Crippen LogP contribution in [0, 0.1) is 11.3 Å². The number of hydrogen-bond acceptors (Lipinski definition) is 5. The summed E-state index contributed by atoms with van der Waals surface area (Å²) in [5.41, 5.74) is 1.95. The highest BCUT2D eigenvalue weighted by atomic mass is 16.5. The van der Waals surface area contributed by atoms with Gasteiger partial charge in [0.25, 0.3) is 0 Å². The van der Waals surface area contributed by atoms with Crippen molar-refractivity contribution in [1.29, 1.82) is 5.26 Å². The highest BCUT2D eigenvalue weighted by Crippen LogP contribution is 2.15. The first kappa shape index (κ1) is 16.3. The van der Waals surface area contributed by atoms with Crippen molar-refractivity contribution in [2.24, 2.45) is 0 Å². The molecule has 2 aromatic rings. The third-order valence-corrected chi connectivity index (χ3v) is 4.45. The maximum atomic E-state index is 8.84. The van der Waals surface area contributed by atoms with Crippen LogP contribution in [0.25, 0.3) is 0 Å². The standard InChI is InChI=1S/C19H22N4O/c1-24-18-5-2-16(3-6-18)8-9-22-10-12-23(13-11-22)19-7-4-17(14-20)15-21-19/h2-7,15H,8-13H2,1H3. The monoisotopic (exact) mass is 322 g/mol. The molecule has 0 N–H and O–H groups in total. The minimum absolute atomic E-state index is 0.608. The highest BCUT2D eigenvalue weighted by Gasteiger charge is 2.17. The van der Waals surface area contributed by atoms with E-state index in [1.54, 1.807) is 13.3 Å². The zero-order chi connectivity index (χ0) is 16.8. The zero-order valence-corrected chi connectivity index (χ0v) is 14.0. The number of rotatable bonds is 5. The molecule has 1 saturated heterocycles. The van der Waals surface area contributed by atoms with Crippen LogP contribution in [0.1, 0.15) is 11.1 Å². The van der Waals surface area contributed by atoms with Crippen LogP contribution in [0.3, 0.4) is 0 Å². The maximum absolute atomic E-state index is 8.84. The average molecular weight is 322 g/mol. The summed E-state index contributed by atoms with van der Waals surface area (Å²) in [7, 11) is 1.69. The van der Waals surface area contributed by atoms with Crippen LogP contribution in [0.15, 0.2) is 42.6 Å². The Hall–Kier alpha value is -2.58. The molecule has 124 valence electrons. The average Bonchev–Trinajstić information content (AvgIpc) is 2.67. The number of benzene rings is 1. The van der Waals surface area contributed by atoms with Crippen molar-refractivity contribution in [3.63, 3.8) is 0 Å². The van der Waals surface area contributed by atoms with Crippen LogP contribution in [-0.2, 0) is 6.42 Å². The largest absolute Gasteiger partial charge is 0.497 e. The molecule has 5 nitrogen and oxygen atoms in total. The fraction of sp³-hybridized carbons (Fsp3) is 0.368. The number of hydrogen-bond donors (Lipinski definition) is 0. The third kappa shape index (κ3) is 4.03. The van der Waals surface area contributed by atoms with Crippen molar-refractivity contribution < 1.29 is 4.74 Å². The first-order valence-electron chi connectivity index (χ1n) is 8.25. The fourth-order valence-corrected chi connectivity index (χ4v) is 2.92. The van der Waals surface area contributed by atoms with Gasteiger partial charge in [-0.2, -0.15) is 5.26 Å². The van der Waals surface area contributed by atoms with Crippen molar-refractivity contribution in [3.05, 3.63) is 53.7 Å². The normalized spacial score (nSPS) is 15.1. The summed E-state index contributed by atoms with van der Waals surface area (Å²) < 4.78 is 5.19. The number of piperazine rings is 1. The van der Waals surface area contributed by atoms with Gasteiger partial charge < -0.3 is 9.64 Å². The second kappa shape index (κ2) is 7.80. The Morgan fingerprint density at radius 3 is 2.42 bits per heavy atom. The summed E-state index contributed by atoms with van der Waals surface area (Å²) in [5, 5.41) is 8.84. The van der Waals surface area contributed by atoms with Crippen molar-refractivity contribution in [1.82, 2.24) is 9.88 Å². The predicted octanol–water partition coefficient (Wildman–Crippen LogP) is 2.33. The molecular formula is C19H22N4O. The van der Waals surface area contributed by atoms with Gasteiger partial charge in [-0.1, -0.05) is 12.1 Å². The summed E-state index contributed by atoms with van der Waals surface area (Å²) in [6.07, 6.45) is 2.70. The summed E-state index contributed by atoms with van der Waals surface area (Å²) in [5.74, 6) is 1.87. The molecule has 1 aliphatic rings. The maximum Gasteiger partial charge on any atom is 0.128 e. The van der Waals surface area contributed by atoms with Crippen LogP contribution in [0.4, 0.5) is 5.82 Å². The van der Waals surface area contributed by atoms with Crippen molar-refractivity contribution >= 4 is 5.82 Å². The minimum Gasteiger partial charge on any atom is -0.497 e. The van der Waals surface area contributed by atoms with Crippen molar-refractivity contribution in [3.8, 4) is 11.8 Å². The highest BCUT2D eigenvalue weighted by molar-refractivity contribution is 5.42. The van der Waals surface area contributed by atoms with Crippen LogP contribution < -0.4 is 9.64 Å². The van der Waals surface area contributed by atoms with E-state index >= 15 is 0 Å². The van der Waals surface area contributed by atoms with E-state index in [4.69, 9.17) is 10.00 Å². The topological polar surface area (TPSA) is 52.4 Å². The number of anilines is 1. The number of nitriles is 1. The summed E-state index contributed by atoms with van der Waals surface area (Å²) in [6.45, 7) is 5.10. The molecule has 0 unspecified atom stereocenters. The Morgan fingerprint density at radius 2 is 1.83 bits per heavy atom. The third-order valence-electron chi connectivity index (χ3n) is 4.45. The van der Waals surface area contributed by atoms with Crippen LogP contribution in [-0.4, -0.2) is 49.7 Å². The van der Waals surface area contributed by atoms with E-state index < -0.39 is 0 Å². The zero-order valence-electron chi connectivity index (χ0n) is 14.0. The van der Waals surface area contributed by atoms with E-state index in [1.165, 1.54) is 5.56 Å². The summed E-state index contributed by atoms with van der Waals surface area (Å²) >= 11 is 0. The lowest BCUT2D eigenvalue weighted by atomic mass is 10.1. The number of methoxy groups -OCH3 is 1. The molecule has 24 heavy (non-hydrogen) atoms. The SMILES string of the molecule is COc1ccc(CCN2CCN(c3ccc(C#N)cn3)CC2)cc1. The van der Waals surface area contributed by atoms with E-state index in [1.807, 2.05) is 24.3 Å². The van der Waals surface area contributed by atoms with Gasteiger partial charge in [0.05, 0.1) is 12.7 Å². The van der Waals surface area contributed by atoms with Gasteiger partial charge in [0.2, 0.25) is 0 Å². The molecule has 1 aromatic carbocycles.